The molecule has 1 aliphatic rings. The predicted octanol–water partition coefficient (Wildman–Crippen LogP) is -2.79. The fourth-order valence-electron chi connectivity index (χ4n) is 1.58. The molecule has 18 heavy (non-hydrogen) atoms. The molecule has 1 aliphatic heterocycles. The lowest BCUT2D eigenvalue weighted by atomic mass is 9.97. The number of rotatable bonds is 4. The summed E-state index contributed by atoms with van der Waals surface area (Å²) < 4.78 is 4.81. The van der Waals surface area contributed by atoms with Gasteiger partial charge >= 0.3 is 0 Å². The van der Waals surface area contributed by atoms with Crippen molar-refractivity contribution < 1.29 is 30.0 Å². The molecule has 0 spiro atoms. The minimum absolute atomic E-state index is 0.508. The first kappa shape index (κ1) is 14.6. The van der Waals surface area contributed by atoms with E-state index in [1.54, 1.807) is 0 Å². The molecule has 1 rings (SSSR count). The molecule has 102 valence electrons. The lowest BCUT2D eigenvalue weighted by Gasteiger charge is -2.40. The molecular formula is C8H14N4O6. The van der Waals surface area contributed by atoms with Crippen LogP contribution in [0.4, 0.5) is 0 Å². The highest BCUT2D eigenvalue weighted by molar-refractivity contribution is 5.78. The van der Waals surface area contributed by atoms with E-state index in [9.17, 15) is 20.1 Å². The molecule has 0 radical (unpaired) electrons. The molecular weight excluding hydrogens is 248 g/mol. The molecule has 5 atom stereocenters. The third-order valence-electron chi connectivity index (χ3n) is 2.51. The molecule has 3 unspecified atom stereocenters. The van der Waals surface area contributed by atoms with Crippen molar-refractivity contribution in [3.63, 3.8) is 0 Å². The number of carbonyl (C=O) groups excluding carboxylic acids is 1. The van der Waals surface area contributed by atoms with Crippen LogP contribution in [0.5, 0.6) is 0 Å². The van der Waals surface area contributed by atoms with Crippen molar-refractivity contribution in [2.45, 2.75) is 30.6 Å². The number of nitrogens with zero attached hydrogens (tertiary/aromatic N) is 3. The first-order valence-corrected chi connectivity index (χ1v) is 5.12. The summed E-state index contributed by atoms with van der Waals surface area (Å²) >= 11 is 0. The fraction of sp³-hybridized carbons (Fsp3) is 0.875. The minimum Gasteiger partial charge on any atom is -0.394 e. The third-order valence-corrected chi connectivity index (χ3v) is 2.51. The van der Waals surface area contributed by atoms with Crippen molar-refractivity contribution >= 4 is 5.91 Å². The molecule has 0 bridgehead atoms. The van der Waals surface area contributed by atoms with Gasteiger partial charge in [-0.05, 0) is 5.53 Å². The average Bonchev–Trinajstić information content (AvgIpc) is 2.36. The van der Waals surface area contributed by atoms with Crippen molar-refractivity contribution in [2.75, 3.05) is 13.2 Å². The van der Waals surface area contributed by atoms with E-state index in [1.807, 2.05) is 0 Å². The van der Waals surface area contributed by atoms with Gasteiger partial charge in [-0.15, -0.1) is 0 Å². The number of hydrogen-bond acceptors (Lipinski definition) is 7. The maximum atomic E-state index is 11.2. The molecule has 10 nitrogen and oxygen atoms in total. The van der Waals surface area contributed by atoms with Crippen LogP contribution in [0.2, 0.25) is 0 Å². The second kappa shape index (κ2) is 6.50. The minimum atomic E-state index is -1.59. The number of carbonyl (C=O) groups is 1. The maximum Gasteiger partial charge on any atom is 0.226 e. The van der Waals surface area contributed by atoms with Gasteiger partial charge in [0.05, 0.1) is 6.61 Å². The van der Waals surface area contributed by atoms with Gasteiger partial charge in [0.15, 0.2) is 6.29 Å². The van der Waals surface area contributed by atoms with Crippen LogP contribution >= 0.6 is 0 Å². The number of ether oxygens (including phenoxy) is 1. The molecule has 1 heterocycles. The Labute approximate surface area is 101 Å². The molecule has 5 N–H and O–H groups in total. The highest BCUT2D eigenvalue weighted by Crippen LogP contribution is 2.19. The summed E-state index contributed by atoms with van der Waals surface area (Å²) in [6, 6.07) is -1.27. The van der Waals surface area contributed by atoms with Gasteiger partial charge < -0.3 is 30.5 Å². The molecule has 10 heteroatoms. The van der Waals surface area contributed by atoms with Crippen LogP contribution in [0.3, 0.4) is 0 Å². The van der Waals surface area contributed by atoms with E-state index < -0.39 is 49.7 Å². The van der Waals surface area contributed by atoms with Crippen molar-refractivity contribution in [3.05, 3.63) is 10.4 Å². The van der Waals surface area contributed by atoms with E-state index in [4.69, 9.17) is 15.4 Å². The predicted molar refractivity (Wildman–Crippen MR) is 55.9 cm³/mol. The van der Waals surface area contributed by atoms with Crippen LogP contribution in [0, 0.1) is 0 Å². The standard InChI is InChI=1S/C8H14N4O6/c9-12-10-1-4(14)11-5-7(16)6(15)3(2-13)18-8(5)17/h3,5-8,13,15-17H,1-2H2,(H,11,14)/t3?,5-,6-,7?,8?/m1/s1. The number of aliphatic hydroxyl groups is 4. The summed E-state index contributed by atoms with van der Waals surface area (Å²) in [6.07, 6.45) is -5.69. The summed E-state index contributed by atoms with van der Waals surface area (Å²) in [5.74, 6) is -0.742. The second-order valence-electron chi connectivity index (χ2n) is 3.71. The van der Waals surface area contributed by atoms with E-state index in [2.05, 4.69) is 15.3 Å². The Morgan fingerprint density at radius 1 is 1.39 bits per heavy atom. The normalized spacial score (nSPS) is 35.7. The highest BCUT2D eigenvalue weighted by Gasteiger charge is 2.44. The zero-order chi connectivity index (χ0) is 13.7. The molecule has 0 aromatic rings. The first-order chi connectivity index (χ1) is 8.51. The molecule has 1 saturated heterocycles. The van der Waals surface area contributed by atoms with Gasteiger partial charge in [-0.25, -0.2) is 0 Å². The van der Waals surface area contributed by atoms with Crippen molar-refractivity contribution in [3.8, 4) is 0 Å². The Morgan fingerprint density at radius 2 is 2.06 bits per heavy atom. The van der Waals surface area contributed by atoms with Gasteiger partial charge in [0.2, 0.25) is 5.91 Å². The van der Waals surface area contributed by atoms with Gasteiger partial charge in [-0.3, -0.25) is 4.79 Å². The lowest BCUT2D eigenvalue weighted by molar-refractivity contribution is -0.253. The molecule has 0 aromatic carbocycles. The van der Waals surface area contributed by atoms with Crippen LogP contribution in [-0.4, -0.2) is 70.1 Å². The molecule has 0 saturated carbocycles. The smallest absolute Gasteiger partial charge is 0.226 e. The van der Waals surface area contributed by atoms with Crippen LogP contribution in [-0.2, 0) is 9.53 Å². The van der Waals surface area contributed by atoms with Crippen molar-refractivity contribution in [1.82, 2.24) is 5.32 Å². The van der Waals surface area contributed by atoms with E-state index in [1.165, 1.54) is 0 Å². The Hall–Kier alpha value is -1.42. The quantitative estimate of drug-likeness (QED) is 0.208. The van der Waals surface area contributed by atoms with Crippen LogP contribution < -0.4 is 5.32 Å². The van der Waals surface area contributed by atoms with Crippen molar-refractivity contribution in [2.24, 2.45) is 5.11 Å². The average molecular weight is 262 g/mol. The number of nitrogens with one attached hydrogen (secondary N) is 1. The Bertz CT molecular complexity index is 346. The summed E-state index contributed by atoms with van der Waals surface area (Å²) in [4.78, 5) is 13.6. The van der Waals surface area contributed by atoms with Gasteiger partial charge in [-0.1, -0.05) is 5.11 Å². The summed E-state index contributed by atoms with van der Waals surface area (Å²) in [5, 5.41) is 42.7. The van der Waals surface area contributed by atoms with E-state index in [-0.39, 0.29) is 0 Å². The first-order valence-electron chi connectivity index (χ1n) is 5.12. The number of hydrogen-bond donors (Lipinski definition) is 5. The second-order valence-corrected chi connectivity index (χ2v) is 3.71. The van der Waals surface area contributed by atoms with Gasteiger partial charge in [0.25, 0.3) is 0 Å². The van der Waals surface area contributed by atoms with E-state index >= 15 is 0 Å². The summed E-state index contributed by atoms with van der Waals surface area (Å²) in [6.45, 7) is -1.10. The third kappa shape index (κ3) is 3.29. The van der Waals surface area contributed by atoms with E-state index in [0.717, 1.165) is 0 Å². The Balaban J connectivity index is 2.64. The fourth-order valence-corrected chi connectivity index (χ4v) is 1.58. The number of azide groups is 1. The zero-order valence-electron chi connectivity index (χ0n) is 9.25. The van der Waals surface area contributed by atoms with Gasteiger partial charge in [0.1, 0.15) is 30.9 Å². The Kier molecular flexibility index (Phi) is 5.28. The van der Waals surface area contributed by atoms with Gasteiger partial charge in [0, 0.05) is 4.91 Å². The highest BCUT2D eigenvalue weighted by atomic mass is 16.6. The summed E-state index contributed by atoms with van der Waals surface area (Å²) in [7, 11) is 0. The Morgan fingerprint density at radius 3 is 2.61 bits per heavy atom. The molecule has 1 fully saturated rings. The number of aliphatic hydroxyl groups excluding tert-OH is 4. The van der Waals surface area contributed by atoms with Crippen LogP contribution in [0.1, 0.15) is 0 Å². The SMILES string of the molecule is [N-]=[N+]=NCC(=O)N[C@H]1C(O)OC(CO)[C@@H](O)C1O. The number of amides is 1. The van der Waals surface area contributed by atoms with Gasteiger partial charge in [-0.2, -0.15) is 0 Å². The molecule has 1 amide bonds. The van der Waals surface area contributed by atoms with Crippen molar-refractivity contribution in [1.29, 1.82) is 0 Å². The molecule has 0 aliphatic carbocycles. The summed E-state index contributed by atoms with van der Waals surface area (Å²) in [5.41, 5.74) is 8.02. The maximum absolute atomic E-state index is 11.2. The largest absolute Gasteiger partial charge is 0.394 e. The van der Waals surface area contributed by atoms with Crippen LogP contribution in [0.15, 0.2) is 5.11 Å². The molecule has 0 aromatic heterocycles. The lowest BCUT2D eigenvalue weighted by Crippen LogP contribution is -2.64. The van der Waals surface area contributed by atoms with Crippen LogP contribution in [0.25, 0.3) is 10.4 Å². The topological polar surface area (TPSA) is 168 Å². The van der Waals surface area contributed by atoms with E-state index in [0.29, 0.717) is 0 Å². The zero-order valence-corrected chi connectivity index (χ0v) is 9.25. The monoisotopic (exact) mass is 262 g/mol.